The minimum Gasteiger partial charge on any atom is -0.379 e. The second kappa shape index (κ2) is 5.26. The second-order valence-electron chi connectivity index (χ2n) is 6.96. The van der Waals surface area contributed by atoms with Crippen molar-refractivity contribution < 1.29 is 4.74 Å². The van der Waals surface area contributed by atoms with Crippen LogP contribution in [0.15, 0.2) is 24.3 Å². The van der Waals surface area contributed by atoms with Crippen LogP contribution >= 0.6 is 0 Å². The van der Waals surface area contributed by atoms with E-state index in [9.17, 15) is 0 Å². The summed E-state index contributed by atoms with van der Waals surface area (Å²) >= 11 is 0. The maximum absolute atomic E-state index is 5.98. The molecule has 0 saturated carbocycles. The Labute approximate surface area is 117 Å². The van der Waals surface area contributed by atoms with Gasteiger partial charge in [-0.15, -0.1) is 0 Å². The summed E-state index contributed by atoms with van der Waals surface area (Å²) < 4.78 is 5.52. The molecule has 0 radical (unpaired) electrons. The second-order valence-corrected chi connectivity index (χ2v) is 6.96. The van der Waals surface area contributed by atoms with Crippen LogP contribution in [-0.4, -0.2) is 19.8 Å². The molecule has 0 unspecified atom stereocenters. The van der Waals surface area contributed by atoms with Crippen LogP contribution in [0.25, 0.3) is 0 Å². The van der Waals surface area contributed by atoms with E-state index in [4.69, 9.17) is 10.5 Å². The van der Waals surface area contributed by atoms with E-state index < -0.39 is 0 Å². The zero-order valence-electron chi connectivity index (χ0n) is 12.7. The van der Waals surface area contributed by atoms with Crippen molar-refractivity contribution in [2.75, 3.05) is 19.8 Å². The van der Waals surface area contributed by atoms with E-state index in [1.54, 1.807) is 0 Å². The fourth-order valence-corrected chi connectivity index (χ4v) is 2.88. The Balaban J connectivity index is 2.25. The van der Waals surface area contributed by atoms with Gasteiger partial charge in [-0.25, -0.2) is 0 Å². The van der Waals surface area contributed by atoms with Crippen molar-refractivity contribution in [3.63, 3.8) is 0 Å². The average molecular weight is 261 g/mol. The highest BCUT2D eigenvalue weighted by atomic mass is 16.5. The average Bonchev–Trinajstić information content (AvgIpc) is 2.29. The lowest BCUT2D eigenvalue weighted by atomic mass is 9.60. The summed E-state index contributed by atoms with van der Waals surface area (Å²) in [5.41, 5.74) is 8.94. The van der Waals surface area contributed by atoms with Gasteiger partial charge in [0.15, 0.2) is 0 Å². The highest BCUT2D eigenvalue weighted by Gasteiger charge is 2.51. The molecule has 2 N–H and O–H groups in total. The van der Waals surface area contributed by atoms with E-state index in [0.29, 0.717) is 12.5 Å². The molecule has 1 fully saturated rings. The van der Waals surface area contributed by atoms with Crippen LogP contribution < -0.4 is 5.73 Å². The molecular formula is C17H27NO. The van der Waals surface area contributed by atoms with Gasteiger partial charge in [0.25, 0.3) is 0 Å². The van der Waals surface area contributed by atoms with Crippen LogP contribution in [0.3, 0.4) is 0 Å². The fourth-order valence-electron chi connectivity index (χ4n) is 2.88. The molecule has 0 amide bonds. The minimum atomic E-state index is 0.0742. The molecule has 1 aromatic rings. The molecule has 2 heteroatoms. The Morgan fingerprint density at radius 3 is 2.16 bits per heavy atom. The van der Waals surface area contributed by atoms with Gasteiger partial charge < -0.3 is 10.5 Å². The van der Waals surface area contributed by atoms with Gasteiger partial charge in [0.05, 0.1) is 13.2 Å². The molecule has 0 aromatic heterocycles. The first-order valence-corrected chi connectivity index (χ1v) is 7.28. The fraction of sp³-hybridized carbons (Fsp3) is 0.647. The van der Waals surface area contributed by atoms with E-state index in [0.717, 1.165) is 19.6 Å². The van der Waals surface area contributed by atoms with Crippen molar-refractivity contribution in [2.45, 2.75) is 39.5 Å². The Kier molecular flexibility index (Phi) is 4.03. The summed E-state index contributed by atoms with van der Waals surface area (Å²) in [5, 5.41) is 0. The quantitative estimate of drug-likeness (QED) is 0.883. The molecule has 1 aliphatic rings. The maximum atomic E-state index is 5.98. The molecule has 2 nitrogen and oxygen atoms in total. The van der Waals surface area contributed by atoms with Crippen LogP contribution in [0.2, 0.25) is 0 Å². The summed E-state index contributed by atoms with van der Waals surface area (Å²) in [4.78, 5) is 0. The van der Waals surface area contributed by atoms with Gasteiger partial charge in [-0.3, -0.25) is 0 Å². The summed E-state index contributed by atoms with van der Waals surface area (Å²) in [6, 6.07) is 9.08. The first-order chi connectivity index (χ1) is 8.91. The Bertz CT molecular complexity index is 415. The van der Waals surface area contributed by atoms with Crippen LogP contribution in [-0.2, 0) is 16.6 Å². The lowest BCUT2D eigenvalue weighted by Crippen LogP contribution is -2.59. The number of ether oxygens (including phenoxy) is 1. The van der Waals surface area contributed by atoms with Gasteiger partial charge >= 0.3 is 0 Å². The molecule has 0 bridgehead atoms. The molecule has 0 atom stereocenters. The lowest BCUT2D eigenvalue weighted by Gasteiger charge is -2.52. The topological polar surface area (TPSA) is 35.2 Å². The van der Waals surface area contributed by atoms with Gasteiger partial charge in [-0.1, -0.05) is 52.0 Å². The van der Waals surface area contributed by atoms with Crippen molar-refractivity contribution in [1.29, 1.82) is 0 Å². The summed E-state index contributed by atoms with van der Waals surface area (Å²) in [7, 11) is 0. The smallest absolute Gasteiger partial charge is 0.0591 e. The van der Waals surface area contributed by atoms with E-state index in [1.807, 2.05) is 0 Å². The highest BCUT2D eigenvalue weighted by molar-refractivity contribution is 5.34. The monoisotopic (exact) mass is 261 g/mol. The van der Waals surface area contributed by atoms with Crippen molar-refractivity contribution in [2.24, 2.45) is 17.1 Å². The van der Waals surface area contributed by atoms with Gasteiger partial charge in [0.1, 0.15) is 0 Å². The van der Waals surface area contributed by atoms with E-state index in [1.165, 1.54) is 11.1 Å². The van der Waals surface area contributed by atoms with Crippen LogP contribution in [0, 0.1) is 11.3 Å². The van der Waals surface area contributed by atoms with Crippen molar-refractivity contribution in [3.8, 4) is 0 Å². The van der Waals surface area contributed by atoms with Crippen LogP contribution in [0.1, 0.15) is 38.8 Å². The molecule has 0 spiro atoms. The zero-order chi connectivity index (χ0) is 14.1. The molecular weight excluding hydrogens is 234 g/mol. The summed E-state index contributed by atoms with van der Waals surface area (Å²) in [5.74, 6) is 0.701. The van der Waals surface area contributed by atoms with Gasteiger partial charge in [-0.05, 0) is 35.4 Å². The number of benzene rings is 1. The molecule has 19 heavy (non-hydrogen) atoms. The van der Waals surface area contributed by atoms with E-state index >= 15 is 0 Å². The number of hydrogen-bond acceptors (Lipinski definition) is 2. The first-order valence-electron chi connectivity index (χ1n) is 7.28. The molecule has 1 heterocycles. The first kappa shape index (κ1) is 14.5. The van der Waals surface area contributed by atoms with E-state index in [2.05, 4.69) is 52.0 Å². The third-order valence-electron chi connectivity index (χ3n) is 4.65. The molecule has 1 aliphatic heterocycles. The van der Waals surface area contributed by atoms with Crippen molar-refractivity contribution in [1.82, 2.24) is 0 Å². The van der Waals surface area contributed by atoms with Crippen LogP contribution in [0.4, 0.5) is 0 Å². The predicted molar refractivity (Wildman–Crippen MR) is 80.3 cm³/mol. The van der Waals surface area contributed by atoms with Crippen LogP contribution in [0.5, 0.6) is 0 Å². The standard InChI is InChI=1S/C17H27NO/c1-13(2)9-14-5-7-15(8-6-14)17(11-19-12-17)16(3,4)10-18/h5-8,13H,9-12,18H2,1-4H3. The SMILES string of the molecule is CC(C)Cc1ccc(C2(C(C)(C)CN)COC2)cc1. The normalized spacial score (nSPS) is 18.4. The summed E-state index contributed by atoms with van der Waals surface area (Å²) in [6.07, 6.45) is 1.14. The predicted octanol–water partition coefficient (Wildman–Crippen LogP) is 3.14. The number of hydrogen-bond donors (Lipinski definition) is 1. The van der Waals surface area contributed by atoms with Crippen molar-refractivity contribution in [3.05, 3.63) is 35.4 Å². The van der Waals surface area contributed by atoms with Gasteiger partial charge in [0.2, 0.25) is 0 Å². The van der Waals surface area contributed by atoms with Gasteiger partial charge in [-0.2, -0.15) is 0 Å². The highest BCUT2D eigenvalue weighted by Crippen LogP contribution is 2.46. The third-order valence-corrected chi connectivity index (χ3v) is 4.65. The number of nitrogens with two attached hydrogens (primary N) is 1. The molecule has 0 aliphatic carbocycles. The molecule has 106 valence electrons. The summed E-state index contributed by atoms with van der Waals surface area (Å²) in [6.45, 7) is 11.3. The van der Waals surface area contributed by atoms with Crippen molar-refractivity contribution >= 4 is 0 Å². The van der Waals surface area contributed by atoms with E-state index in [-0.39, 0.29) is 10.8 Å². The largest absolute Gasteiger partial charge is 0.379 e. The minimum absolute atomic E-state index is 0.0742. The third kappa shape index (κ3) is 2.56. The Morgan fingerprint density at radius 2 is 1.79 bits per heavy atom. The molecule has 1 aromatic carbocycles. The number of rotatable bonds is 5. The molecule has 1 saturated heterocycles. The Hall–Kier alpha value is -0.860. The van der Waals surface area contributed by atoms with Gasteiger partial charge in [0, 0.05) is 5.41 Å². The lowest BCUT2D eigenvalue weighted by molar-refractivity contribution is -0.116. The Morgan fingerprint density at radius 1 is 1.21 bits per heavy atom. The maximum Gasteiger partial charge on any atom is 0.0591 e. The zero-order valence-corrected chi connectivity index (χ0v) is 12.7. The molecule has 2 rings (SSSR count).